The Bertz CT molecular complexity index is 447. The van der Waals surface area contributed by atoms with Gasteiger partial charge in [-0.3, -0.25) is 0 Å². The van der Waals surface area contributed by atoms with Gasteiger partial charge in [-0.05, 0) is 29.5 Å². The van der Waals surface area contributed by atoms with Gasteiger partial charge >= 0.3 is 0 Å². The fraction of sp³-hybridized carbons (Fsp3) is 0.600. The zero-order valence-corrected chi connectivity index (χ0v) is 13.5. The second kappa shape index (κ2) is 9.04. The first-order valence-corrected chi connectivity index (χ1v) is 8.80. The Morgan fingerprint density at radius 1 is 0.857 bits per heavy atom. The Morgan fingerprint density at radius 3 is 2.14 bits per heavy atom. The molecule has 0 bridgehead atoms. The Kier molecular flexibility index (Phi) is 7.02. The van der Waals surface area contributed by atoms with Crippen molar-refractivity contribution in [2.45, 2.75) is 77.2 Å². The minimum atomic E-state index is -0.352. The molecule has 116 valence electrons. The molecule has 0 amide bonds. The quantitative estimate of drug-likeness (QED) is 0.520. The molecule has 21 heavy (non-hydrogen) atoms. The molecule has 1 aromatic rings. The summed E-state index contributed by atoms with van der Waals surface area (Å²) in [6.45, 7) is 2.27. The molecule has 2 rings (SSSR count). The highest BCUT2D eigenvalue weighted by atomic mass is 16.3. The van der Waals surface area contributed by atoms with Crippen LogP contribution in [0.1, 0.15) is 88.4 Å². The van der Waals surface area contributed by atoms with Crippen molar-refractivity contribution in [2.75, 3.05) is 0 Å². The van der Waals surface area contributed by atoms with Crippen molar-refractivity contribution < 1.29 is 5.11 Å². The summed E-state index contributed by atoms with van der Waals surface area (Å²) in [7, 11) is 0. The normalized spacial score (nSPS) is 16.9. The number of benzene rings is 1. The van der Waals surface area contributed by atoms with E-state index >= 15 is 0 Å². The highest BCUT2D eigenvalue weighted by Crippen LogP contribution is 2.36. The van der Waals surface area contributed by atoms with E-state index in [4.69, 9.17) is 0 Å². The molecule has 1 aliphatic carbocycles. The van der Waals surface area contributed by atoms with Gasteiger partial charge in [0, 0.05) is 0 Å². The first-order chi connectivity index (χ1) is 10.3. The molecule has 0 aliphatic heterocycles. The second-order valence-corrected chi connectivity index (χ2v) is 6.33. The lowest BCUT2D eigenvalue weighted by atomic mass is 10.0. The standard InChI is InChI=1S/C20H30O/c1-2-3-4-5-6-7-8-9-10-14-18-16-17-13-11-12-15-19(17)20(18)21/h11-13,15-16,20-21H,2-10,14H2,1H3. The van der Waals surface area contributed by atoms with Crippen LogP contribution in [0.2, 0.25) is 0 Å². The van der Waals surface area contributed by atoms with Crippen LogP contribution in [-0.4, -0.2) is 5.11 Å². The second-order valence-electron chi connectivity index (χ2n) is 6.33. The lowest BCUT2D eigenvalue weighted by Gasteiger charge is -2.10. The van der Waals surface area contributed by atoms with Crippen LogP contribution < -0.4 is 0 Å². The predicted octanol–water partition coefficient (Wildman–Crippen LogP) is 6.04. The number of aliphatic hydroxyl groups is 1. The van der Waals surface area contributed by atoms with Crippen LogP contribution in [0.25, 0.3) is 6.08 Å². The van der Waals surface area contributed by atoms with Crippen molar-refractivity contribution >= 4 is 6.08 Å². The lowest BCUT2D eigenvalue weighted by Crippen LogP contribution is -1.97. The molecule has 0 saturated carbocycles. The molecular weight excluding hydrogens is 256 g/mol. The molecule has 0 fully saturated rings. The monoisotopic (exact) mass is 286 g/mol. The van der Waals surface area contributed by atoms with Crippen molar-refractivity contribution in [3.05, 3.63) is 41.0 Å². The number of rotatable bonds is 10. The van der Waals surface area contributed by atoms with E-state index in [1.165, 1.54) is 68.9 Å². The van der Waals surface area contributed by atoms with Crippen LogP contribution >= 0.6 is 0 Å². The summed E-state index contributed by atoms with van der Waals surface area (Å²) in [5.41, 5.74) is 3.50. The minimum absolute atomic E-state index is 0.352. The van der Waals surface area contributed by atoms with Crippen LogP contribution in [0.4, 0.5) is 0 Å². The number of hydrogen-bond acceptors (Lipinski definition) is 1. The molecular formula is C20H30O. The summed E-state index contributed by atoms with van der Waals surface area (Å²) >= 11 is 0. The van der Waals surface area contributed by atoms with Gasteiger partial charge < -0.3 is 5.11 Å². The van der Waals surface area contributed by atoms with Gasteiger partial charge in [0.15, 0.2) is 0 Å². The lowest BCUT2D eigenvalue weighted by molar-refractivity contribution is 0.215. The van der Waals surface area contributed by atoms with Crippen molar-refractivity contribution in [3.8, 4) is 0 Å². The third-order valence-corrected chi connectivity index (χ3v) is 4.55. The maximum Gasteiger partial charge on any atom is 0.101 e. The molecule has 1 aromatic carbocycles. The maximum atomic E-state index is 10.3. The van der Waals surface area contributed by atoms with E-state index < -0.39 is 0 Å². The Balaban J connectivity index is 1.56. The van der Waals surface area contributed by atoms with E-state index in [1.807, 2.05) is 18.2 Å². The van der Waals surface area contributed by atoms with E-state index in [9.17, 15) is 5.11 Å². The average molecular weight is 286 g/mol. The molecule has 1 unspecified atom stereocenters. The topological polar surface area (TPSA) is 20.2 Å². The largest absolute Gasteiger partial charge is 0.384 e. The Morgan fingerprint density at radius 2 is 1.48 bits per heavy atom. The maximum absolute atomic E-state index is 10.3. The highest BCUT2D eigenvalue weighted by molar-refractivity contribution is 5.65. The number of hydrogen-bond donors (Lipinski definition) is 1. The molecule has 0 radical (unpaired) electrons. The number of aliphatic hydroxyl groups excluding tert-OH is 1. The number of unbranched alkanes of at least 4 members (excludes halogenated alkanes) is 8. The van der Waals surface area contributed by atoms with Gasteiger partial charge in [-0.1, -0.05) is 88.6 Å². The summed E-state index contributed by atoms with van der Waals surface area (Å²) in [6, 6.07) is 8.20. The molecule has 0 saturated heterocycles. The van der Waals surface area contributed by atoms with Crippen molar-refractivity contribution in [2.24, 2.45) is 0 Å². The third kappa shape index (κ3) is 5.00. The van der Waals surface area contributed by atoms with Gasteiger partial charge in [-0.25, -0.2) is 0 Å². The molecule has 0 spiro atoms. The van der Waals surface area contributed by atoms with Crippen LogP contribution in [-0.2, 0) is 0 Å². The van der Waals surface area contributed by atoms with Crippen LogP contribution in [0.3, 0.4) is 0 Å². The summed E-state index contributed by atoms with van der Waals surface area (Å²) in [5, 5.41) is 10.3. The van der Waals surface area contributed by atoms with Gasteiger partial charge in [0.1, 0.15) is 6.10 Å². The average Bonchev–Trinajstić information content (AvgIpc) is 2.83. The van der Waals surface area contributed by atoms with E-state index in [2.05, 4.69) is 19.1 Å². The van der Waals surface area contributed by atoms with Gasteiger partial charge in [0.05, 0.1) is 0 Å². The van der Waals surface area contributed by atoms with Gasteiger partial charge in [0.25, 0.3) is 0 Å². The van der Waals surface area contributed by atoms with Crippen molar-refractivity contribution in [1.82, 2.24) is 0 Å². The SMILES string of the molecule is CCCCCCCCCCCC1=Cc2ccccc2C1O. The minimum Gasteiger partial charge on any atom is -0.384 e. The Hall–Kier alpha value is -1.08. The van der Waals surface area contributed by atoms with Crippen LogP contribution in [0, 0.1) is 0 Å². The summed E-state index contributed by atoms with van der Waals surface area (Å²) in [4.78, 5) is 0. The molecule has 1 aliphatic rings. The van der Waals surface area contributed by atoms with E-state index in [0.29, 0.717) is 0 Å². The fourth-order valence-corrected chi connectivity index (χ4v) is 3.22. The molecule has 0 aromatic heterocycles. The molecule has 1 atom stereocenters. The molecule has 1 nitrogen and oxygen atoms in total. The van der Waals surface area contributed by atoms with Crippen LogP contribution in [0.15, 0.2) is 29.8 Å². The molecule has 0 heterocycles. The van der Waals surface area contributed by atoms with E-state index in [1.54, 1.807) is 0 Å². The van der Waals surface area contributed by atoms with Gasteiger partial charge in [-0.2, -0.15) is 0 Å². The van der Waals surface area contributed by atoms with Crippen molar-refractivity contribution in [1.29, 1.82) is 0 Å². The smallest absolute Gasteiger partial charge is 0.101 e. The summed E-state index contributed by atoms with van der Waals surface area (Å²) in [6.07, 6.45) is 15.1. The van der Waals surface area contributed by atoms with E-state index in [0.717, 1.165) is 12.0 Å². The highest BCUT2D eigenvalue weighted by Gasteiger charge is 2.21. The molecule has 1 N–H and O–H groups in total. The fourth-order valence-electron chi connectivity index (χ4n) is 3.22. The third-order valence-electron chi connectivity index (χ3n) is 4.55. The zero-order chi connectivity index (χ0) is 14.9. The Labute approximate surface area is 130 Å². The molecule has 1 heteroatoms. The van der Waals surface area contributed by atoms with E-state index in [-0.39, 0.29) is 6.10 Å². The predicted molar refractivity (Wildman–Crippen MR) is 91.2 cm³/mol. The summed E-state index contributed by atoms with van der Waals surface area (Å²) < 4.78 is 0. The first-order valence-electron chi connectivity index (χ1n) is 8.80. The first kappa shape index (κ1) is 16.3. The van der Waals surface area contributed by atoms with Gasteiger partial charge in [0.2, 0.25) is 0 Å². The van der Waals surface area contributed by atoms with Crippen molar-refractivity contribution in [3.63, 3.8) is 0 Å². The zero-order valence-electron chi connectivity index (χ0n) is 13.5. The van der Waals surface area contributed by atoms with Crippen LogP contribution in [0.5, 0.6) is 0 Å². The number of fused-ring (bicyclic) bond motifs is 1. The summed E-state index contributed by atoms with van der Waals surface area (Å²) in [5.74, 6) is 0. The van der Waals surface area contributed by atoms with Gasteiger partial charge in [-0.15, -0.1) is 0 Å².